The summed E-state index contributed by atoms with van der Waals surface area (Å²) in [5.74, 6) is -0.387. The van der Waals surface area contributed by atoms with Crippen molar-refractivity contribution in [1.82, 2.24) is 9.37 Å². The maximum Gasteiger partial charge on any atom is 0.266 e. The highest BCUT2D eigenvalue weighted by molar-refractivity contribution is 7.89. The van der Waals surface area contributed by atoms with Gasteiger partial charge in [-0.25, -0.2) is 8.42 Å². The Labute approximate surface area is 175 Å². The molecule has 0 fully saturated rings. The summed E-state index contributed by atoms with van der Waals surface area (Å²) in [4.78, 5) is 19.1. The predicted molar refractivity (Wildman–Crippen MR) is 110 cm³/mol. The Kier molecular flexibility index (Phi) is 7.53. The Balaban J connectivity index is 2.37. The van der Waals surface area contributed by atoms with Crippen molar-refractivity contribution in [2.45, 2.75) is 11.4 Å². The molecular weight excluding hydrogens is 414 g/mol. The fourth-order valence-electron chi connectivity index (χ4n) is 2.53. The SMILES string of the molecule is C=CCN(Cc1ccc(C#N)cc1)C(=O)c1ccc(Cl)c(S(=O)(=O)N(C)OC)c1. The van der Waals surface area contributed by atoms with E-state index in [1.807, 2.05) is 6.07 Å². The minimum Gasteiger partial charge on any atom is -0.331 e. The Morgan fingerprint density at radius 1 is 1.28 bits per heavy atom. The molecule has 0 N–H and O–H groups in total. The zero-order chi connectivity index (χ0) is 21.6. The van der Waals surface area contributed by atoms with E-state index in [2.05, 4.69) is 6.58 Å². The number of hydrogen-bond acceptors (Lipinski definition) is 5. The van der Waals surface area contributed by atoms with Gasteiger partial charge in [-0.1, -0.05) is 34.3 Å². The molecule has 1 amide bonds. The largest absolute Gasteiger partial charge is 0.331 e. The topological polar surface area (TPSA) is 90.7 Å². The van der Waals surface area contributed by atoms with Gasteiger partial charge in [0.05, 0.1) is 23.8 Å². The average molecular weight is 434 g/mol. The third-order valence-electron chi connectivity index (χ3n) is 4.14. The molecule has 29 heavy (non-hydrogen) atoms. The highest BCUT2D eigenvalue weighted by Crippen LogP contribution is 2.26. The van der Waals surface area contributed by atoms with Crippen molar-refractivity contribution in [2.75, 3.05) is 20.7 Å². The summed E-state index contributed by atoms with van der Waals surface area (Å²) in [6.45, 7) is 4.19. The number of halogens is 1. The van der Waals surface area contributed by atoms with E-state index in [1.54, 1.807) is 30.3 Å². The molecule has 0 spiro atoms. The third kappa shape index (κ3) is 5.22. The Bertz CT molecular complexity index is 1050. The lowest BCUT2D eigenvalue weighted by molar-refractivity contribution is -0.0258. The maximum absolute atomic E-state index is 13.0. The second kappa shape index (κ2) is 9.67. The number of rotatable bonds is 8. The molecule has 0 aliphatic heterocycles. The number of carbonyl (C=O) groups excluding carboxylic acids is 1. The second-order valence-electron chi connectivity index (χ2n) is 6.03. The van der Waals surface area contributed by atoms with Gasteiger partial charge in [-0.15, -0.1) is 6.58 Å². The quantitative estimate of drug-likeness (QED) is 0.471. The molecule has 9 heteroatoms. The van der Waals surface area contributed by atoms with Crippen LogP contribution < -0.4 is 0 Å². The van der Waals surface area contributed by atoms with Gasteiger partial charge in [-0.05, 0) is 35.9 Å². The van der Waals surface area contributed by atoms with E-state index in [0.29, 0.717) is 10.0 Å². The molecule has 0 heterocycles. The van der Waals surface area contributed by atoms with Gasteiger partial charge in [0.15, 0.2) is 0 Å². The number of benzene rings is 2. The molecule has 2 aromatic rings. The zero-order valence-electron chi connectivity index (χ0n) is 16.0. The molecular formula is C20H20ClN3O4S. The van der Waals surface area contributed by atoms with Crippen LogP contribution in [-0.2, 0) is 21.4 Å². The monoisotopic (exact) mass is 433 g/mol. The highest BCUT2D eigenvalue weighted by Gasteiger charge is 2.26. The summed E-state index contributed by atoms with van der Waals surface area (Å²) in [7, 11) is -1.58. The van der Waals surface area contributed by atoms with Crippen LogP contribution in [0.15, 0.2) is 60.0 Å². The highest BCUT2D eigenvalue weighted by atomic mass is 35.5. The van der Waals surface area contributed by atoms with Crippen LogP contribution in [0.1, 0.15) is 21.5 Å². The van der Waals surface area contributed by atoms with E-state index in [0.717, 1.165) is 5.56 Å². The van der Waals surface area contributed by atoms with Crippen molar-refractivity contribution < 1.29 is 18.0 Å². The summed E-state index contributed by atoms with van der Waals surface area (Å²) in [6.07, 6.45) is 1.58. The summed E-state index contributed by atoms with van der Waals surface area (Å²) >= 11 is 6.06. The second-order valence-corrected chi connectivity index (χ2v) is 8.34. The number of carbonyl (C=O) groups is 1. The molecule has 2 rings (SSSR count). The first-order chi connectivity index (χ1) is 13.7. The lowest BCUT2D eigenvalue weighted by Crippen LogP contribution is -2.31. The van der Waals surface area contributed by atoms with E-state index < -0.39 is 10.0 Å². The zero-order valence-corrected chi connectivity index (χ0v) is 17.6. The molecule has 0 bridgehead atoms. The summed E-state index contributed by atoms with van der Waals surface area (Å²) in [5, 5.41) is 8.88. The van der Waals surface area contributed by atoms with E-state index in [9.17, 15) is 13.2 Å². The lowest BCUT2D eigenvalue weighted by Gasteiger charge is -2.22. The van der Waals surface area contributed by atoms with Gasteiger partial charge in [-0.2, -0.15) is 5.26 Å². The van der Waals surface area contributed by atoms with Crippen LogP contribution in [0.2, 0.25) is 5.02 Å². The van der Waals surface area contributed by atoms with E-state index in [4.69, 9.17) is 21.7 Å². The molecule has 0 saturated carbocycles. The molecule has 0 aromatic heterocycles. The molecule has 0 radical (unpaired) electrons. The van der Waals surface area contributed by atoms with Crippen LogP contribution >= 0.6 is 11.6 Å². The number of hydroxylamine groups is 1. The van der Waals surface area contributed by atoms with Crippen molar-refractivity contribution in [1.29, 1.82) is 5.26 Å². The van der Waals surface area contributed by atoms with Gasteiger partial charge in [0.2, 0.25) is 0 Å². The Hall–Kier alpha value is -2.70. The maximum atomic E-state index is 13.0. The number of hydrogen-bond donors (Lipinski definition) is 0. The van der Waals surface area contributed by atoms with Crippen molar-refractivity contribution in [2.24, 2.45) is 0 Å². The van der Waals surface area contributed by atoms with Crippen LogP contribution in [0, 0.1) is 11.3 Å². The summed E-state index contributed by atoms with van der Waals surface area (Å²) < 4.78 is 25.8. The van der Waals surface area contributed by atoms with Crippen molar-refractivity contribution in [3.05, 3.63) is 76.8 Å². The standard InChI is InChI=1S/C20H20ClN3O4S/c1-4-11-24(14-16-7-5-15(13-22)6-8-16)20(25)17-9-10-18(21)19(12-17)29(26,27)23(2)28-3/h4-10,12H,1,11,14H2,2-3H3. The minimum atomic E-state index is -4.02. The predicted octanol–water partition coefficient (Wildman–Crippen LogP) is 3.22. The number of nitriles is 1. The first-order valence-electron chi connectivity index (χ1n) is 8.46. The number of nitrogens with zero attached hydrogens (tertiary/aromatic N) is 3. The van der Waals surface area contributed by atoms with Crippen molar-refractivity contribution >= 4 is 27.5 Å². The van der Waals surface area contributed by atoms with Crippen molar-refractivity contribution in [3.8, 4) is 6.07 Å². The van der Waals surface area contributed by atoms with Gasteiger partial charge in [0, 0.05) is 25.7 Å². The Morgan fingerprint density at radius 2 is 1.93 bits per heavy atom. The minimum absolute atomic E-state index is 0.0205. The fraction of sp³-hybridized carbons (Fsp3) is 0.200. The lowest BCUT2D eigenvalue weighted by atomic mass is 10.1. The number of amides is 1. The van der Waals surface area contributed by atoms with Crippen LogP contribution in [0.25, 0.3) is 0 Å². The van der Waals surface area contributed by atoms with E-state index >= 15 is 0 Å². The average Bonchev–Trinajstić information content (AvgIpc) is 2.73. The molecule has 2 aromatic carbocycles. The summed E-state index contributed by atoms with van der Waals surface area (Å²) in [6, 6.07) is 12.9. The smallest absolute Gasteiger partial charge is 0.266 e. The van der Waals surface area contributed by atoms with Crippen molar-refractivity contribution in [3.63, 3.8) is 0 Å². The van der Waals surface area contributed by atoms with Gasteiger partial charge in [0.1, 0.15) is 4.90 Å². The Morgan fingerprint density at radius 3 is 2.48 bits per heavy atom. The van der Waals surface area contributed by atoms with E-state index in [1.165, 1.54) is 37.3 Å². The molecule has 152 valence electrons. The summed E-state index contributed by atoms with van der Waals surface area (Å²) in [5.41, 5.74) is 1.50. The normalized spacial score (nSPS) is 11.1. The number of sulfonamides is 1. The van der Waals surface area contributed by atoms with Crippen LogP contribution in [0.3, 0.4) is 0 Å². The van der Waals surface area contributed by atoms with Crippen LogP contribution in [0.5, 0.6) is 0 Å². The molecule has 0 aliphatic rings. The van der Waals surface area contributed by atoms with Crippen LogP contribution in [0.4, 0.5) is 0 Å². The first kappa shape index (κ1) is 22.6. The molecule has 0 atom stereocenters. The molecule has 0 saturated heterocycles. The van der Waals surface area contributed by atoms with Crippen LogP contribution in [-0.4, -0.2) is 44.4 Å². The van der Waals surface area contributed by atoms with Gasteiger partial charge in [0.25, 0.3) is 15.9 Å². The van der Waals surface area contributed by atoms with Gasteiger partial charge < -0.3 is 4.90 Å². The third-order valence-corrected chi connectivity index (χ3v) is 6.31. The first-order valence-corrected chi connectivity index (χ1v) is 10.3. The van der Waals surface area contributed by atoms with Gasteiger partial charge >= 0.3 is 0 Å². The van der Waals surface area contributed by atoms with Gasteiger partial charge in [-0.3, -0.25) is 9.63 Å². The molecule has 7 nitrogen and oxygen atoms in total. The van der Waals surface area contributed by atoms with E-state index in [-0.39, 0.29) is 34.5 Å². The molecule has 0 aliphatic carbocycles. The molecule has 0 unspecified atom stereocenters. The fourth-order valence-corrected chi connectivity index (χ4v) is 4.01.